The first-order valence-corrected chi connectivity index (χ1v) is 7.05. The van der Waals surface area contributed by atoms with Crippen LogP contribution in [0.3, 0.4) is 0 Å². The largest absolute Gasteiger partial charge is 0.486 e. The van der Waals surface area contributed by atoms with Crippen LogP contribution in [0.2, 0.25) is 10.0 Å². The van der Waals surface area contributed by atoms with Crippen molar-refractivity contribution in [3.8, 4) is 11.5 Å². The van der Waals surface area contributed by atoms with Crippen molar-refractivity contribution in [2.75, 3.05) is 18.5 Å². The highest BCUT2D eigenvalue weighted by atomic mass is 35.5. The fourth-order valence-corrected chi connectivity index (χ4v) is 2.35. The first-order valence-electron chi connectivity index (χ1n) is 6.30. The van der Waals surface area contributed by atoms with Crippen LogP contribution in [0.25, 0.3) is 0 Å². The summed E-state index contributed by atoms with van der Waals surface area (Å²) in [6.45, 7) is 1.78. The number of nitrogens with one attached hydrogen (secondary N) is 1. The molecule has 2 aromatic carbocycles. The second-order valence-corrected chi connectivity index (χ2v) is 5.30. The molecule has 1 aliphatic rings. The Morgan fingerprint density at radius 1 is 0.950 bits per heavy atom. The zero-order valence-corrected chi connectivity index (χ0v) is 12.2. The Balaban J connectivity index is 1.75. The predicted molar refractivity (Wildman–Crippen MR) is 81.2 cm³/mol. The molecule has 20 heavy (non-hydrogen) atoms. The first-order chi connectivity index (χ1) is 9.72. The van der Waals surface area contributed by atoms with Gasteiger partial charge >= 0.3 is 0 Å². The van der Waals surface area contributed by atoms with E-state index in [1.54, 1.807) is 6.07 Å². The third-order valence-corrected chi connectivity index (χ3v) is 3.59. The highest BCUT2D eigenvalue weighted by Gasteiger charge is 2.14. The van der Waals surface area contributed by atoms with Crippen LogP contribution in [0.5, 0.6) is 11.5 Å². The van der Waals surface area contributed by atoms with E-state index in [1.165, 1.54) is 0 Å². The zero-order chi connectivity index (χ0) is 13.9. The van der Waals surface area contributed by atoms with Crippen molar-refractivity contribution in [1.82, 2.24) is 0 Å². The normalized spacial score (nSPS) is 13.1. The minimum atomic E-state index is 0.556. The molecule has 2 aromatic rings. The molecule has 0 saturated heterocycles. The lowest BCUT2D eigenvalue weighted by molar-refractivity contribution is 0.171. The van der Waals surface area contributed by atoms with E-state index in [9.17, 15) is 0 Å². The maximum atomic E-state index is 6.23. The van der Waals surface area contributed by atoms with Crippen molar-refractivity contribution >= 4 is 28.9 Å². The Labute approximate surface area is 127 Å². The lowest BCUT2D eigenvalue weighted by Crippen LogP contribution is -2.15. The topological polar surface area (TPSA) is 30.5 Å². The van der Waals surface area contributed by atoms with Gasteiger partial charge in [0, 0.05) is 23.7 Å². The molecular formula is C15H13Cl2NO2. The van der Waals surface area contributed by atoms with Gasteiger partial charge < -0.3 is 14.8 Å². The number of rotatable bonds is 3. The molecule has 1 aliphatic heterocycles. The number of halogens is 2. The van der Waals surface area contributed by atoms with E-state index >= 15 is 0 Å². The number of fused-ring (bicyclic) bond motifs is 1. The predicted octanol–water partition coefficient (Wildman–Crippen LogP) is 4.38. The van der Waals surface area contributed by atoms with Crippen molar-refractivity contribution in [1.29, 1.82) is 0 Å². The molecule has 0 bridgehead atoms. The van der Waals surface area contributed by atoms with Gasteiger partial charge in [-0.25, -0.2) is 0 Å². The number of hydrogen-bond acceptors (Lipinski definition) is 3. The second-order valence-electron chi connectivity index (χ2n) is 4.46. The number of ether oxygens (including phenoxy) is 2. The molecule has 0 fully saturated rings. The minimum Gasteiger partial charge on any atom is -0.486 e. The minimum absolute atomic E-state index is 0.556. The molecule has 0 amide bonds. The van der Waals surface area contributed by atoms with Gasteiger partial charge in [-0.2, -0.15) is 0 Å². The van der Waals surface area contributed by atoms with E-state index in [1.807, 2.05) is 30.3 Å². The van der Waals surface area contributed by atoms with E-state index in [4.69, 9.17) is 32.7 Å². The Morgan fingerprint density at radius 2 is 1.60 bits per heavy atom. The Bertz CT molecular complexity index is 614. The van der Waals surface area contributed by atoms with Gasteiger partial charge in [0.1, 0.15) is 13.2 Å². The molecule has 0 atom stereocenters. The first kappa shape index (κ1) is 13.4. The van der Waals surface area contributed by atoms with Crippen molar-refractivity contribution < 1.29 is 9.47 Å². The summed E-state index contributed by atoms with van der Waals surface area (Å²) in [5, 5.41) is 4.63. The molecule has 1 heterocycles. The Kier molecular flexibility index (Phi) is 3.90. The van der Waals surface area contributed by atoms with Gasteiger partial charge in [0.05, 0.1) is 10.7 Å². The van der Waals surface area contributed by atoms with E-state index in [0.29, 0.717) is 30.5 Å². The summed E-state index contributed by atoms with van der Waals surface area (Å²) in [5.41, 5.74) is 1.95. The van der Waals surface area contributed by atoms with Crippen molar-refractivity contribution in [2.24, 2.45) is 0 Å². The van der Waals surface area contributed by atoms with Gasteiger partial charge in [-0.05, 0) is 17.7 Å². The molecule has 0 radical (unpaired) electrons. The molecule has 1 N–H and O–H groups in total. The van der Waals surface area contributed by atoms with Gasteiger partial charge in [0.25, 0.3) is 0 Å². The molecular weight excluding hydrogens is 297 g/mol. The van der Waals surface area contributed by atoms with Crippen LogP contribution in [-0.2, 0) is 6.54 Å². The van der Waals surface area contributed by atoms with Gasteiger partial charge in [0.2, 0.25) is 0 Å². The molecule has 3 rings (SSSR count). The van der Waals surface area contributed by atoms with E-state index in [2.05, 4.69) is 5.32 Å². The lowest BCUT2D eigenvalue weighted by Gasteiger charge is -2.20. The summed E-state index contributed by atoms with van der Waals surface area (Å²) >= 11 is 12.1. The molecule has 104 valence electrons. The zero-order valence-electron chi connectivity index (χ0n) is 10.7. The molecule has 0 saturated carbocycles. The molecule has 0 aromatic heterocycles. The summed E-state index contributed by atoms with van der Waals surface area (Å²) in [4.78, 5) is 0. The standard InChI is InChI=1S/C15H13Cl2NO2/c16-11-3-1-10(2-4-11)9-18-13-8-15-14(7-12(13)17)19-5-6-20-15/h1-4,7-8,18H,5-6,9H2. The monoisotopic (exact) mass is 309 g/mol. The molecule has 0 spiro atoms. The number of benzene rings is 2. The lowest BCUT2D eigenvalue weighted by atomic mass is 10.2. The molecule has 5 heteroatoms. The van der Waals surface area contributed by atoms with Crippen LogP contribution in [0.4, 0.5) is 5.69 Å². The van der Waals surface area contributed by atoms with Crippen LogP contribution in [0.15, 0.2) is 36.4 Å². The molecule has 3 nitrogen and oxygen atoms in total. The third kappa shape index (κ3) is 2.94. The van der Waals surface area contributed by atoms with Gasteiger partial charge in [-0.1, -0.05) is 35.3 Å². The average molecular weight is 310 g/mol. The highest BCUT2D eigenvalue weighted by Crippen LogP contribution is 2.38. The van der Waals surface area contributed by atoms with Gasteiger partial charge in [-0.15, -0.1) is 0 Å². The molecule has 0 aliphatic carbocycles. The third-order valence-electron chi connectivity index (χ3n) is 3.03. The van der Waals surface area contributed by atoms with Crippen LogP contribution >= 0.6 is 23.2 Å². The van der Waals surface area contributed by atoms with Crippen molar-refractivity contribution in [2.45, 2.75) is 6.54 Å². The van der Waals surface area contributed by atoms with E-state index in [0.717, 1.165) is 22.0 Å². The summed E-state index contributed by atoms with van der Waals surface area (Å²) in [5.74, 6) is 1.41. The average Bonchev–Trinajstić information content (AvgIpc) is 2.47. The smallest absolute Gasteiger partial charge is 0.163 e. The van der Waals surface area contributed by atoms with Crippen molar-refractivity contribution in [3.63, 3.8) is 0 Å². The van der Waals surface area contributed by atoms with Crippen LogP contribution < -0.4 is 14.8 Å². The summed E-state index contributed by atoms with van der Waals surface area (Å²) in [7, 11) is 0. The van der Waals surface area contributed by atoms with E-state index < -0.39 is 0 Å². The van der Waals surface area contributed by atoms with Crippen molar-refractivity contribution in [3.05, 3.63) is 52.0 Å². The maximum absolute atomic E-state index is 6.23. The van der Waals surface area contributed by atoms with E-state index in [-0.39, 0.29) is 0 Å². The fourth-order valence-electron chi connectivity index (χ4n) is 2.00. The SMILES string of the molecule is Clc1ccc(CNc2cc3c(cc2Cl)OCCO3)cc1. The summed E-state index contributed by atoms with van der Waals surface area (Å²) in [6.07, 6.45) is 0. The highest BCUT2D eigenvalue weighted by molar-refractivity contribution is 6.33. The van der Waals surface area contributed by atoms with Gasteiger partial charge in [-0.3, -0.25) is 0 Å². The summed E-state index contributed by atoms with van der Waals surface area (Å²) < 4.78 is 11.0. The Morgan fingerprint density at radius 3 is 2.30 bits per heavy atom. The second kappa shape index (κ2) is 5.81. The fraction of sp³-hybridized carbons (Fsp3) is 0.200. The quantitative estimate of drug-likeness (QED) is 0.913. The van der Waals surface area contributed by atoms with Crippen LogP contribution in [-0.4, -0.2) is 13.2 Å². The molecule has 0 unspecified atom stereocenters. The number of anilines is 1. The van der Waals surface area contributed by atoms with Gasteiger partial charge in [0.15, 0.2) is 11.5 Å². The Hall–Kier alpha value is -1.58. The van der Waals surface area contributed by atoms with Crippen LogP contribution in [0.1, 0.15) is 5.56 Å². The maximum Gasteiger partial charge on any atom is 0.163 e. The number of hydrogen-bond donors (Lipinski definition) is 1. The van der Waals surface area contributed by atoms with Crippen LogP contribution in [0, 0.1) is 0 Å². The summed E-state index contributed by atoms with van der Waals surface area (Å²) in [6, 6.07) is 11.3.